The molecule has 1 N–H and O–H groups in total. The van der Waals surface area contributed by atoms with Crippen LogP contribution < -0.4 is 5.32 Å². The molecule has 4 nitrogen and oxygen atoms in total. The molecule has 112 valence electrons. The van der Waals surface area contributed by atoms with E-state index in [1.165, 1.54) is 12.3 Å². The molecule has 0 spiro atoms. The lowest BCUT2D eigenvalue weighted by Crippen LogP contribution is -2.35. The van der Waals surface area contributed by atoms with Crippen molar-refractivity contribution in [1.29, 1.82) is 0 Å². The molecule has 0 saturated carbocycles. The van der Waals surface area contributed by atoms with Crippen LogP contribution in [0.25, 0.3) is 0 Å². The lowest BCUT2D eigenvalue weighted by atomic mass is 9.97. The second-order valence-electron chi connectivity index (χ2n) is 5.85. The van der Waals surface area contributed by atoms with Gasteiger partial charge in [0.2, 0.25) is 5.95 Å². The van der Waals surface area contributed by atoms with Gasteiger partial charge in [-0.05, 0) is 50.8 Å². The smallest absolute Gasteiger partial charge is 0.407 e. The van der Waals surface area contributed by atoms with Crippen LogP contribution in [0.2, 0.25) is 0 Å². The molecular formula is C15H23FN2O2. The van der Waals surface area contributed by atoms with Crippen LogP contribution in [-0.2, 0) is 11.2 Å². The van der Waals surface area contributed by atoms with Crippen molar-refractivity contribution < 1.29 is 13.9 Å². The summed E-state index contributed by atoms with van der Waals surface area (Å²) < 4.78 is 18.2. The maximum absolute atomic E-state index is 13.0. The molecule has 1 rings (SSSR count). The van der Waals surface area contributed by atoms with Gasteiger partial charge in [-0.25, -0.2) is 9.78 Å². The number of rotatable bonds is 5. The van der Waals surface area contributed by atoms with Gasteiger partial charge in [-0.3, -0.25) is 0 Å². The van der Waals surface area contributed by atoms with Gasteiger partial charge in [0.15, 0.2) is 0 Å². The quantitative estimate of drug-likeness (QED) is 0.843. The number of pyridine rings is 1. The molecule has 1 atom stereocenters. The minimum absolute atomic E-state index is 0.240. The molecule has 1 unspecified atom stereocenters. The Kier molecular flexibility index (Phi) is 5.92. The molecule has 5 heteroatoms. The van der Waals surface area contributed by atoms with E-state index in [1.54, 1.807) is 6.07 Å². The third-order valence-corrected chi connectivity index (χ3v) is 2.83. The number of nitrogens with zero attached hydrogens (tertiary/aromatic N) is 1. The largest absolute Gasteiger partial charge is 0.444 e. The van der Waals surface area contributed by atoms with Crippen molar-refractivity contribution in [1.82, 2.24) is 10.3 Å². The number of carbonyl (C=O) groups is 1. The summed E-state index contributed by atoms with van der Waals surface area (Å²) in [4.78, 5) is 15.1. The van der Waals surface area contributed by atoms with E-state index in [0.29, 0.717) is 13.0 Å². The maximum Gasteiger partial charge on any atom is 0.407 e. The van der Waals surface area contributed by atoms with Crippen LogP contribution in [-0.4, -0.2) is 23.2 Å². The molecule has 0 radical (unpaired) electrons. The third-order valence-electron chi connectivity index (χ3n) is 2.83. The van der Waals surface area contributed by atoms with Crippen LogP contribution in [0.1, 0.15) is 39.7 Å². The van der Waals surface area contributed by atoms with Crippen LogP contribution in [0.3, 0.4) is 0 Å². The maximum atomic E-state index is 13.0. The molecule has 0 aromatic carbocycles. The Morgan fingerprint density at radius 1 is 1.50 bits per heavy atom. The van der Waals surface area contributed by atoms with Crippen molar-refractivity contribution in [3.8, 4) is 0 Å². The predicted octanol–water partition coefficient (Wildman–Crippen LogP) is 3.31. The fourth-order valence-electron chi connectivity index (χ4n) is 1.81. The first-order valence-corrected chi connectivity index (χ1v) is 6.87. The van der Waals surface area contributed by atoms with Gasteiger partial charge in [0.1, 0.15) is 5.60 Å². The van der Waals surface area contributed by atoms with Crippen molar-refractivity contribution >= 4 is 6.09 Å². The van der Waals surface area contributed by atoms with Crippen LogP contribution in [0, 0.1) is 11.9 Å². The lowest BCUT2D eigenvalue weighted by Gasteiger charge is -2.21. The summed E-state index contributed by atoms with van der Waals surface area (Å²) >= 11 is 0. The molecule has 0 aliphatic heterocycles. The number of halogens is 1. The van der Waals surface area contributed by atoms with E-state index in [0.717, 1.165) is 12.0 Å². The summed E-state index contributed by atoms with van der Waals surface area (Å²) in [5.41, 5.74) is 0.385. The van der Waals surface area contributed by atoms with Crippen molar-refractivity contribution in [2.24, 2.45) is 5.92 Å². The van der Waals surface area contributed by atoms with Gasteiger partial charge in [0, 0.05) is 12.7 Å². The number of ether oxygens (including phenoxy) is 1. The molecule has 20 heavy (non-hydrogen) atoms. The zero-order valence-electron chi connectivity index (χ0n) is 12.6. The molecule has 0 fully saturated rings. The van der Waals surface area contributed by atoms with Gasteiger partial charge in [0.05, 0.1) is 0 Å². The summed E-state index contributed by atoms with van der Waals surface area (Å²) in [6.07, 6.45) is 2.63. The highest BCUT2D eigenvalue weighted by molar-refractivity contribution is 5.67. The van der Waals surface area contributed by atoms with Gasteiger partial charge in [-0.15, -0.1) is 0 Å². The molecule has 1 aromatic heterocycles. The van der Waals surface area contributed by atoms with Gasteiger partial charge in [-0.2, -0.15) is 4.39 Å². The first-order chi connectivity index (χ1) is 9.30. The van der Waals surface area contributed by atoms with Crippen LogP contribution in [0.15, 0.2) is 18.3 Å². The number of hydrogen-bond acceptors (Lipinski definition) is 3. The molecule has 0 bridgehead atoms. The van der Waals surface area contributed by atoms with Crippen LogP contribution >= 0.6 is 0 Å². The predicted molar refractivity (Wildman–Crippen MR) is 75.9 cm³/mol. The molecule has 0 aliphatic rings. The monoisotopic (exact) mass is 282 g/mol. The number of hydrogen-bond donors (Lipinski definition) is 1. The van der Waals surface area contributed by atoms with E-state index in [4.69, 9.17) is 4.74 Å². The first kappa shape index (κ1) is 16.4. The first-order valence-electron chi connectivity index (χ1n) is 6.87. The van der Waals surface area contributed by atoms with Gasteiger partial charge < -0.3 is 10.1 Å². The lowest BCUT2D eigenvalue weighted by molar-refractivity contribution is 0.0518. The average Bonchev–Trinajstić information content (AvgIpc) is 2.32. The summed E-state index contributed by atoms with van der Waals surface area (Å²) in [6.45, 7) is 8.02. The van der Waals surface area contributed by atoms with Crippen LogP contribution in [0.5, 0.6) is 0 Å². The van der Waals surface area contributed by atoms with E-state index in [-0.39, 0.29) is 5.92 Å². The Labute approximate surface area is 119 Å². The molecule has 1 heterocycles. The molecule has 1 aromatic rings. The van der Waals surface area contributed by atoms with E-state index in [9.17, 15) is 9.18 Å². The Hall–Kier alpha value is -1.65. The van der Waals surface area contributed by atoms with E-state index in [2.05, 4.69) is 10.3 Å². The second-order valence-corrected chi connectivity index (χ2v) is 5.85. The van der Waals surface area contributed by atoms with Crippen molar-refractivity contribution in [2.75, 3.05) is 6.54 Å². The zero-order valence-corrected chi connectivity index (χ0v) is 12.6. The minimum atomic E-state index is -0.500. The molecule has 0 aliphatic carbocycles. The minimum Gasteiger partial charge on any atom is -0.444 e. The van der Waals surface area contributed by atoms with Gasteiger partial charge in [-0.1, -0.05) is 13.3 Å². The third kappa shape index (κ3) is 6.50. The summed E-state index contributed by atoms with van der Waals surface area (Å²) in [6, 6.07) is 3.22. The van der Waals surface area contributed by atoms with E-state index in [1.807, 2.05) is 27.7 Å². The molecular weight excluding hydrogens is 259 g/mol. The number of carbonyl (C=O) groups excluding carboxylic acids is 1. The van der Waals surface area contributed by atoms with Crippen molar-refractivity contribution in [2.45, 2.75) is 46.1 Å². The number of aromatic nitrogens is 1. The molecule has 0 saturated heterocycles. The number of alkyl carbamates (subject to hydrolysis) is 1. The van der Waals surface area contributed by atoms with Crippen molar-refractivity contribution in [3.05, 3.63) is 29.8 Å². The Balaban J connectivity index is 2.46. The zero-order chi connectivity index (χ0) is 15.2. The second kappa shape index (κ2) is 7.22. The fourth-order valence-corrected chi connectivity index (χ4v) is 1.81. The fraction of sp³-hybridized carbons (Fsp3) is 0.600. The Morgan fingerprint density at radius 2 is 2.20 bits per heavy atom. The highest BCUT2D eigenvalue weighted by atomic mass is 19.1. The number of nitrogens with one attached hydrogen (secondary N) is 1. The molecule has 1 amide bonds. The standard InChI is InChI=1S/C15H23FN2O2/c1-5-11(8-12-6-7-17-13(16)9-12)10-18-14(19)20-15(2,3)4/h6-7,9,11H,5,8,10H2,1-4H3,(H,18,19). The van der Waals surface area contributed by atoms with E-state index >= 15 is 0 Å². The summed E-state index contributed by atoms with van der Waals surface area (Å²) in [7, 11) is 0. The highest BCUT2D eigenvalue weighted by Gasteiger charge is 2.17. The normalized spacial score (nSPS) is 12.8. The highest BCUT2D eigenvalue weighted by Crippen LogP contribution is 2.12. The SMILES string of the molecule is CCC(CNC(=O)OC(C)(C)C)Cc1ccnc(F)c1. The van der Waals surface area contributed by atoms with Crippen LogP contribution in [0.4, 0.5) is 9.18 Å². The topological polar surface area (TPSA) is 51.2 Å². The summed E-state index contributed by atoms with van der Waals surface area (Å²) in [5, 5.41) is 2.75. The average molecular weight is 282 g/mol. The Morgan fingerprint density at radius 3 is 2.75 bits per heavy atom. The number of amides is 1. The van der Waals surface area contributed by atoms with Crippen molar-refractivity contribution in [3.63, 3.8) is 0 Å². The summed E-state index contributed by atoms with van der Waals surface area (Å²) in [5.74, 6) is -0.234. The van der Waals surface area contributed by atoms with Gasteiger partial charge in [0.25, 0.3) is 0 Å². The Bertz CT molecular complexity index is 444. The van der Waals surface area contributed by atoms with E-state index < -0.39 is 17.6 Å². The van der Waals surface area contributed by atoms with Gasteiger partial charge >= 0.3 is 6.09 Å².